The van der Waals surface area contributed by atoms with Crippen LogP contribution in [0.1, 0.15) is 31.4 Å². The molecule has 1 heterocycles. The van der Waals surface area contributed by atoms with Crippen LogP contribution in [-0.2, 0) is 0 Å². The van der Waals surface area contributed by atoms with Crippen molar-refractivity contribution in [2.45, 2.75) is 25.8 Å². The van der Waals surface area contributed by atoms with Gasteiger partial charge in [-0.2, -0.15) is 0 Å². The summed E-state index contributed by atoms with van der Waals surface area (Å²) in [6, 6.07) is 2.86. The number of phenols is 1. The molecule has 1 aromatic rings. The van der Waals surface area contributed by atoms with Gasteiger partial charge >= 0.3 is 0 Å². The Labute approximate surface area is 142 Å². The van der Waals surface area contributed by atoms with Gasteiger partial charge in [0.2, 0.25) is 0 Å². The quantitative estimate of drug-likeness (QED) is 0.859. The number of aromatic hydroxyl groups is 1. The second-order valence-electron chi connectivity index (χ2n) is 4.92. The number of nitrogens with one attached hydrogen (secondary N) is 1. The normalized spacial score (nSPS) is 16.7. The van der Waals surface area contributed by atoms with Crippen LogP contribution < -0.4 is 5.32 Å². The number of halogens is 4. The van der Waals surface area contributed by atoms with Crippen LogP contribution in [0.25, 0.3) is 0 Å². The Bertz CT molecular complexity index is 442. The minimum atomic E-state index is -0.640. The smallest absolute Gasteiger partial charge is 0.166 e. The summed E-state index contributed by atoms with van der Waals surface area (Å²) in [6.07, 6.45) is 1.86. The summed E-state index contributed by atoms with van der Waals surface area (Å²) < 4.78 is 13.6. The fourth-order valence-electron chi connectivity index (χ4n) is 2.64. The summed E-state index contributed by atoms with van der Waals surface area (Å²) in [4.78, 5) is 2.28. The first-order valence-electron chi connectivity index (χ1n) is 6.76. The maximum Gasteiger partial charge on any atom is 0.166 e. The molecule has 0 aliphatic carbocycles. The third-order valence-electron chi connectivity index (χ3n) is 3.57. The van der Waals surface area contributed by atoms with Crippen molar-refractivity contribution in [3.63, 3.8) is 0 Å². The van der Waals surface area contributed by atoms with E-state index < -0.39 is 5.82 Å². The predicted molar refractivity (Wildman–Crippen MR) is 89.7 cm³/mol. The maximum atomic E-state index is 13.6. The van der Waals surface area contributed by atoms with Crippen LogP contribution in [0.3, 0.4) is 0 Å². The van der Waals surface area contributed by atoms with Crippen molar-refractivity contribution in [3.8, 4) is 5.75 Å². The van der Waals surface area contributed by atoms with Crippen molar-refractivity contribution in [1.82, 2.24) is 10.2 Å². The molecule has 122 valence electrons. The molecule has 1 aromatic carbocycles. The van der Waals surface area contributed by atoms with Crippen LogP contribution in [0, 0.1) is 5.82 Å². The van der Waals surface area contributed by atoms with E-state index in [0.717, 1.165) is 45.1 Å². The van der Waals surface area contributed by atoms with E-state index in [1.54, 1.807) is 6.07 Å². The average molecular weight is 360 g/mol. The predicted octanol–water partition coefficient (Wildman–Crippen LogP) is 3.77. The molecule has 0 amide bonds. The molecule has 0 unspecified atom stereocenters. The Morgan fingerprint density at radius 3 is 2.52 bits per heavy atom. The van der Waals surface area contributed by atoms with E-state index in [0.29, 0.717) is 10.6 Å². The fraction of sp³-hybridized carbons (Fsp3) is 0.571. The van der Waals surface area contributed by atoms with E-state index in [1.807, 2.05) is 0 Å². The molecular formula is C14H22Cl3FN2O. The van der Waals surface area contributed by atoms with Crippen molar-refractivity contribution < 1.29 is 9.50 Å². The second-order valence-corrected chi connectivity index (χ2v) is 5.35. The molecule has 0 saturated carbocycles. The van der Waals surface area contributed by atoms with Gasteiger partial charge in [-0.25, -0.2) is 4.39 Å². The second kappa shape index (κ2) is 9.70. The van der Waals surface area contributed by atoms with E-state index in [4.69, 9.17) is 11.6 Å². The Kier molecular flexibility index (Phi) is 9.58. The first kappa shape index (κ1) is 20.7. The van der Waals surface area contributed by atoms with Gasteiger partial charge < -0.3 is 10.4 Å². The number of rotatable bonds is 4. The van der Waals surface area contributed by atoms with Crippen molar-refractivity contribution in [2.75, 3.05) is 26.2 Å². The fourth-order valence-corrected chi connectivity index (χ4v) is 2.86. The highest BCUT2D eigenvalue weighted by molar-refractivity contribution is 6.30. The summed E-state index contributed by atoms with van der Waals surface area (Å²) in [5.74, 6) is -0.903. The minimum Gasteiger partial charge on any atom is -0.505 e. The standard InChI is InChI=1S/C14H20ClFN2O.2ClH/c1-2-3-13(18-6-4-17-5-7-18)11-8-10(15)9-12(16)14(11)19;;/h8-9,13,17,19H,2-7H2,1H3;2*1H/t13-;;/m0../s1. The minimum absolute atomic E-state index is 0. The molecule has 0 bridgehead atoms. The lowest BCUT2D eigenvalue weighted by molar-refractivity contribution is 0.161. The number of hydrogen-bond acceptors (Lipinski definition) is 3. The van der Waals surface area contributed by atoms with Crippen molar-refractivity contribution in [3.05, 3.63) is 28.5 Å². The van der Waals surface area contributed by atoms with Gasteiger partial charge in [0, 0.05) is 42.8 Å². The molecule has 0 radical (unpaired) electrons. The molecule has 1 atom stereocenters. The van der Waals surface area contributed by atoms with Gasteiger partial charge in [-0.1, -0.05) is 24.9 Å². The summed E-state index contributed by atoms with van der Waals surface area (Å²) in [5.41, 5.74) is 0.605. The lowest BCUT2D eigenvalue weighted by Crippen LogP contribution is -2.45. The van der Waals surface area contributed by atoms with Gasteiger partial charge in [0.15, 0.2) is 11.6 Å². The van der Waals surface area contributed by atoms with Gasteiger partial charge in [-0.3, -0.25) is 4.90 Å². The molecule has 1 aliphatic heterocycles. The largest absolute Gasteiger partial charge is 0.505 e. The van der Waals surface area contributed by atoms with Gasteiger partial charge in [0.1, 0.15) is 0 Å². The monoisotopic (exact) mass is 358 g/mol. The average Bonchev–Trinajstić information content (AvgIpc) is 2.41. The van der Waals surface area contributed by atoms with E-state index in [-0.39, 0.29) is 36.6 Å². The summed E-state index contributed by atoms with van der Waals surface area (Å²) in [7, 11) is 0. The van der Waals surface area contributed by atoms with Gasteiger partial charge in [-0.15, -0.1) is 24.8 Å². The number of benzene rings is 1. The highest BCUT2D eigenvalue weighted by atomic mass is 35.5. The Balaban J connectivity index is 0.00000200. The lowest BCUT2D eigenvalue weighted by Gasteiger charge is -2.35. The molecule has 1 fully saturated rings. The molecule has 1 aliphatic rings. The first-order valence-corrected chi connectivity index (χ1v) is 7.14. The highest BCUT2D eigenvalue weighted by Gasteiger charge is 2.25. The molecule has 2 rings (SSSR count). The maximum absolute atomic E-state index is 13.6. The Morgan fingerprint density at radius 1 is 1.33 bits per heavy atom. The third-order valence-corrected chi connectivity index (χ3v) is 3.79. The molecular weight excluding hydrogens is 338 g/mol. The number of phenolic OH excluding ortho intramolecular Hbond substituents is 1. The van der Waals surface area contributed by atoms with Crippen LogP contribution in [0.5, 0.6) is 5.75 Å². The van der Waals surface area contributed by atoms with E-state index in [2.05, 4.69) is 17.1 Å². The number of piperazine rings is 1. The van der Waals surface area contributed by atoms with Crippen LogP contribution in [0.4, 0.5) is 4.39 Å². The molecule has 0 aromatic heterocycles. The SMILES string of the molecule is CCC[C@@H](c1cc(Cl)cc(F)c1O)N1CCNCC1.Cl.Cl. The molecule has 7 heteroatoms. The van der Waals surface area contributed by atoms with Gasteiger partial charge in [0.05, 0.1) is 0 Å². The number of hydrogen-bond donors (Lipinski definition) is 2. The van der Waals surface area contributed by atoms with Crippen LogP contribution in [-0.4, -0.2) is 36.2 Å². The molecule has 3 nitrogen and oxygen atoms in total. The zero-order valence-electron chi connectivity index (χ0n) is 11.9. The summed E-state index contributed by atoms with van der Waals surface area (Å²) >= 11 is 5.92. The lowest BCUT2D eigenvalue weighted by atomic mass is 9.98. The molecule has 21 heavy (non-hydrogen) atoms. The highest BCUT2D eigenvalue weighted by Crippen LogP contribution is 2.36. The molecule has 0 spiro atoms. The topological polar surface area (TPSA) is 35.5 Å². The van der Waals surface area contributed by atoms with E-state index in [1.165, 1.54) is 0 Å². The van der Waals surface area contributed by atoms with Crippen molar-refractivity contribution >= 4 is 36.4 Å². The van der Waals surface area contributed by atoms with Crippen molar-refractivity contribution in [1.29, 1.82) is 0 Å². The Morgan fingerprint density at radius 2 is 1.95 bits per heavy atom. The number of nitrogens with zero attached hydrogens (tertiary/aromatic N) is 1. The molecule has 1 saturated heterocycles. The van der Waals surface area contributed by atoms with Gasteiger partial charge in [-0.05, 0) is 18.6 Å². The van der Waals surface area contributed by atoms with Gasteiger partial charge in [0.25, 0.3) is 0 Å². The van der Waals surface area contributed by atoms with Crippen LogP contribution in [0.2, 0.25) is 5.02 Å². The summed E-state index contributed by atoms with van der Waals surface area (Å²) in [6.45, 7) is 5.73. The first-order chi connectivity index (χ1) is 9.13. The zero-order chi connectivity index (χ0) is 13.8. The van der Waals surface area contributed by atoms with Crippen molar-refractivity contribution in [2.24, 2.45) is 0 Å². The third kappa shape index (κ3) is 5.15. The van der Waals surface area contributed by atoms with E-state index >= 15 is 0 Å². The summed E-state index contributed by atoms with van der Waals surface area (Å²) in [5, 5.41) is 13.6. The van der Waals surface area contributed by atoms with E-state index in [9.17, 15) is 9.50 Å². The zero-order valence-corrected chi connectivity index (χ0v) is 14.3. The molecule has 2 N–H and O–H groups in total. The Hall–Kier alpha value is -0.260. The van der Waals surface area contributed by atoms with Crippen LogP contribution in [0.15, 0.2) is 12.1 Å². The van der Waals surface area contributed by atoms with Crippen LogP contribution >= 0.6 is 36.4 Å².